The molecule has 0 spiro atoms. The molecular weight excluding hydrogens is 378 g/mol. The van der Waals surface area contributed by atoms with Gasteiger partial charge in [-0.1, -0.05) is 88.4 Å². The van der Waals surface area contributed by atoms with Crippen LogP contribution in [0.5, 0.6) is 5.75 Å². The number of benzene rings is 2. The van der Waals surface area contributed by atoms with Gasteiger partial charge in [-0.3, -0.25) is 4.98 Å². The van der Waals surface area contributed by atoms with Gasteiger partial charge >= 0.3 is 0 Å². The van der Waals surface area contributed by atoms with Gasteiger partial charge in [-0.25, -0.2) is 0 Å². The van der Waals surface area contributed by atoms with Crippen molar-refractivity contribution in [1.29, 1.82) is 0 Å². The molecule has 2 aromatic carbocycles. The molecule has 0 aliphatic heterocycles. The Bertz CT molecular complexity index is 866. The van der Waals surface area contributed by atoms with E-state index in [1.165, 1.54) is 47.9 Å². The predicted octanol–water partition coefficient (Wildman–Crippen LogP) is 7.84. The zero-order valence-corrected chi connectivity index (χ0v) is 19.3. The molecule has 164 valence electrons. The topological polar surface area (TPSA) is 22.1 Å². The molecule has 0 radical (unpaired) electrons. The molecule has 0 aliphatic rings. The summed E-state index contributed by atoms with van der Waals surface area (Å²) in [6, 6.07) is 21.8. The second-order valence-electron chi connectivity index (χ2n) is 8.41. The molecule has 0 N–H and O–H groups in total. The summed E-state index contributed by atoms with van der Waals surface area (Å²) in [5.41, 5.74) is 6.26. The largest absolute Gasteiger partial charge is 0.494 e. The minimum absolute atomic E-state index is 0.825. The van der Waals surface area contributed by atoms with E-state index in [2.05, 4.69) is 79.5 Å². The number of pyridine rings is 1. The van der Waals surface area contributed by atoms with Gasteiger partial charge in [0, 0.05) is 11.8 Å². The van der Waals surface area contributed by atoms with Crippen molar-refractivity contribution in [1.82, 2.24) is 4.98 Å². The zero-order chi connectivity index (χ0) is 21.7. The molecule has 3 rings (SSSR count). The highest BCUT2D eigenvalue weighted by molar-refractivity contribution is 5.59. The molecule has 0 bridgehead atoms. The highest BCUT2D eigenvalue weighted by atomic mass is 16.5. The summed E-state index contributed by atoms with van der Waals surface area (Å²) in [7, 11) is 0. The van der Waals surface area contributed by atoms with Crippen molar-refractivity contribution in [3.63, 3.8) is 0 Å². The zero-order valence-electron chi connectivity index (χ0n) is 19.3. The predicted molar refractivity (Wildman–Crippen MR) is 132 cm³/mol. The van der Waals surface area contributed by atoms with Crippen LogP contribution in [0.4, 0.5) is 0 Å². The van der Waals surface area contributed by atoms with Crippen molar-refractivity contribution in [2.24, 2.45) is 0 Å². The van der Waals surface area contributed by atoms with Crippen LogP contribution in [0.25, 0.3) is 11.3 Å². The third-order valence-electron chi connectivity index (χ3n) is 5.76. The van der Waals surface area contributed by atoms with E-state index < -0.39 is 0 Å². The molecule has 0 fully saturated rings. The van der Waals surface area contributed by atoms with Gasteiger partial charge in [0.2, 0.25) is 0 Å². The highest BCUT2D eigenvalue weighted by Crippen LogP contribution is 2.20. The Labute approximate surface area is 188 Å². The van der Waals surface area contributed by atoms with Crippen LogP contribution >= 0.6 is 0 Å². The number of hydrogen-bond acceptors (Lipinski definition) is 2. The maximum atomic E-state index is 5.87. The van der Waals surface area contributed by atoms with Gasteiger partial charge < -0.3 is 4.74 Å². The summed E-state index contributed by atoms with van der Waals surface area (Å²) in [5.74, 6) is 0.987. The second kappa shape index (κ2) is 12.9. The van der Waals surface area contributed by atoms with Gasteiger partial charge in [-0.15, -0.1) is 0 Å². The van der Waals surface area contributed by atoms with Crippen molar-refractivity contribution in [2.45, 2.75) is 71.6 Å². The summed E-state index contributed by atoms with van der Waals surface area (Å²) in [6.45, 7) is 5.27. The Balaban J connectivity index is 1.43. The number of aryl methyl sites for hydroxylation is 3. The van der Waals surface area contributed by atoms with E-state index in [1.807, 2.05) is 6.20 Å². The first-order valence-electron chi connectivity index (χ1n) is 12.0. The Hall–Kier alpha value is -2.61. The smallest absolute Gasteiger partial charge is 0.119 e. The Morgan fingerprint density at radius 1 is 0.613 bits per heavy atom. The lowest BCUT2D eigenvalue weighted by Crippen LogP contribution is -1.98. The minimum Gasteiger partial charge on any atom is -0.494 e. The van der Waals surface area contributed by atoms with Crippen molar-refractivity contribution < 1.29 is 4.74 Å². The van der Waals surface area contributed by atoms with Crippen LogP contribution in [0.15, 0.2) is 66.9 Å². The van der Waals surface area contributed by atoms with Crippen LogP contribution < -0.4 is 4.74 Å². The molecular formula is C29H37NO. The number of unbranched alkanes of at least 4 members (excludes halogenated alkanes) is 4. The van der Waals surface area contributed by atoms with Crippen molar-refractivity contribution in [3.05, 3.63) is 83.6 Å². The van der Waals surface area contributed by atoms with Gasteiger partial charge in [0.1, 0.15) is 5.75 Å². The monoisotopic (exact) mass is 415 g/mol. The lowest BCUT2D eigenvalue weighted by atomic mass is 10.0. The van der Waals surface area contributed by atoms with E-state index in [0.717, 1.165) is 50.2 Å². The molecule has 0 saturated carbocycles. The van der Waals surface area contributed by atoms with E-state index in [9.17, 15) is 0 Å². The SMILES string of the molecule is CCCCCCCOc1ccc(CCc2ccc(-c3ccc(CCC)cn3)cc2)cc1. The molecule has 3 aromatic rings. The average Bonchev–Trinajstić information content (AvgIpc) is 2.82. The van der Waals surface area contributed by atoms with E-state index in [-0.39, 0.29) is 0 Å². The van der Waals surface area contributed by atoms with Crippen LogP contribution in [0.1, 0.15) is 69.1 Å². The summed E-state index contributed by atoms with van der Waals surface area (Å²) in [4.78, 5) is 4.63. The summed E-state index contributed by atoms with van der Waals surface area (Å²) >= 11 is 0. The lowest BCUT2D eigenvalue weighted by molar-refractivity contribution is 0.304. The van der Waals surface area contributed by atoms with Gasteiger partial charge in [0.15, 0.2) is 0 Å². The van der Waals surface area contributed by atoms with E-state index in [0.29, 0.717) is 0 Å². The first kappa shape index (κ1) is 23.1. The molecule has 0 aliphatic carbocycles. The van der Waals surface area contributed by atoms with Crippen LogP contribution in [0, 0.1) is 0 Å². The number of ether oxygens (including phenoxy) is 1. The third-order valence-corrected chi connectivity index (χ3v) is 5.76. The second-order valence-corrected chi connectivity index (χ2v) is 8.41. The quantitative estimate of drug-likeness (QED) is 0.265. The van der Waals surface area contributed by atoms with Crippen LogP contribution in [0.3, 0.4) is 0 Å². The minimum atomic E-state index is 0.825. The fourth-order valence-electron chi connectivity index (χ4n) is 3.81. The van der Waals surface area contributed by atoms with E-state index >= 15 is 0 Å². The fourth-order valence-corrected chi connectivity index (χ4v) is 3.81. The van der Waals surface area contributed by atoms with Crippen molar-refractivity contribution >= 4 is 0 Å². The molecule has 2 heteroatoms. The van der Waals surface area contributed by atoms with E-state index in [1.54, 1.807) is 0 Å². The summed E-state index contributed by atoms with van der Waals surface area (Å²) in [5, 5.41) is 0. The number of aromatic nitrogens is 1. The summed E-state index contributed by atoms with van der Waals surface area (Å²) in [6.07, 6.45) is 12.7. The Morgan fingerprint density at radius 3 is 1.87 bits per heavy atom. The number of nitrogens with zero attached hydrogens (tertiary/aromatic N) is 1. The molecule has 1 aromatic heterocycles. The Morgan fingerprint density at radius 2 is 1.26 bits per heavy atom. The number of rotatable bonds is 13. The molecule has 0 saturated heterocycles. The normalized spacial score (nSPS) is 10.9. The molecule has 2 nitrogen and oxygen atoms in total. The lowest BCUT2D eigenvalue weighted by Gasteiger charge is -2.08. The fraction of sp³-hybridized carbons (Fsp3) is 0.414. The van der Waals surface area contributed by atoms with E-state index in [4.69, 9.17) is 4.74 Å². The van der Waals surface area contributed by atoms with Gasteiger partial charge in [-0.2, -0.15) is 0 Å². The van der Waals surface area contributed by atoms with Crippen LogP contribution in [0.2, 0.25) is 0 Å². The first-order chi connectivity index (χ1) is 15.3. The standard InChI is InChI=1S/C29H37NO/c1-3-5-6-7-8-22-31-28-19-14-25(15-20-28)11-10-24-12-17-27(18-13-24)29-21-16-26(9-4-2)23-30-29/h12-21,23H,3-11,22H2,1-2H3. The maximum absolute atomic E-state index is 5.87. The van der Waals surface area contributed by atoms with Gasteiger partial charge in [0.05, 0.1) is 12.3 Å². The van der Waals surface area contributed by atoms with Crippen molar-refractivity contribution in [3.8, 4) is 17.0 Å². The van der Waals surface area contributed by atoms with Crippen LogP contribution in [-0.4, -0.2) is 11.6 Å². The van der Waals surface area contributed by atoms with Crippen molar-refractivity contribution in [2.75, 3.05) is 6.61 Å². The average molecular weight is 416 g/mol. The van der Waals surface area contributed by atoms with Gasteiger partial charge in [-0.05, 0) is 60.6 Å². The molecule has 1 heterocycles. The summed E-state index contributed by atoms with van der Waals surface area (Å²) < 4.78 is 5.87. The third kappa shape index (κ3) is 7.86. The molecule has 0 unspecified atom stereocenters. The molecule has 0 amide bonds. The van der Waals surface area contributed by atoms with Crippen LogP contribution in [-0.2, 0) is 19.3 Å². The first-order valence-corrected chi connectivity index (χ1v) is 12.0. The Kier molecular flexibility index (Phi) is 9.63. The van der Waals surface area contributed by atoms with Gasteiger partial charge in [0.25, 0.3) is 0 Å². The highest BCUT2D eigenvalue weighted by Gasteiger charge is 2.02. The molecule has 0 atom stereocenters. The molecule has 31 heavy (non-hydrogen) atoms. The maximum Gasteiger partial charge on any atom is 0.119 e. The number of hydrogen-bond donors (Lipinski definition) is 0.